The number of carbonyl (C=O) groups excluding carboxylic acids is 3. The number of aromatic nitrogens is 2. The smallest absolute Gasteiger partial charge is 0.343 e. The average molecular weight is 281 g/mol. The highest BCUT2D eigenvalue weighted by Gasteiger charge is 2.22. The summed E-state index contributed by atoms with van der Waals surface area (Å²) in [4.78, 5) is 34.5. The van der Waals surface area contributed by atoms with Crippen molar-refractivity contribution < 1.29 is 19.1 Å². The topological polar surface area (TPSA) is 90.3 Å². The Morgan fingerprint density at radius 2 is 1.95 bits per heavy atom. The standard InChI is InChI=1S/C13H19N3O4/c1-5-20-13(19)11-9(3)15-16(4)12(11)14-10(18)7-6-8(2)17/h5-7H2,1-4H3,(H,14,18). The van der Waals surface area contributed by atoms with Crippen LogP contribution in [0.2, 0.25) is 0 Å². The predicted octanol–water partition coefficient (Wildman–Crippen LogP) is 1.21. The maximum atomic E-state index is 11.9. The van der Waals surface area contributed by atoms with E-state index in [1.807, 2.05) is 0 Å². The van der Waals surface area contributed by atoms with E-state index in [1.165, 1.54) is 11.6 Å². The highest BCUT2D eigenvalue weighted by Crippen LogP contribution is 2.20. The Balaban J connectivity index is 2.91. The van der Waals surface area contributed by atoms with Crippen molar-refractivity contribution in [2.24, 2.45) is 7.05 Å². The molecule has 7 nitrogen and oxygen atoms in total. The number of nitrogens with one attached hydrogen (secondary N) is 1. The van der Waals surface area contributed by atoms with Gasteiger partial charge in [-0.05, 0) is 20.8 Å². The number of amides is 1. The van der Waals surface area contributed by atoms with Gasteiger partial charge in [0, 0.05) is 19.9 Å². The third kappa shape index (κ3) is 3.91. The number of esters is 1. The molecule has 1 N–H and O–H groups in total. The molecular formula is C13H19N3O4. The number of rotatable bonds is 6. The lowest BCUT2D eigenvalue weighted by atomic mass is 10.2. The first-order valence-electron chi connectivity index (χ1n) is 6.36. The number of hydrogen-bond donors (Lipinski definition) is 1. The number of anilines is 1. The highest BCUT2D eigenvalue weighted by molar-refractivity contribution is 6.01. The summed E-state index contributed by atoms with van der Waals surface area (Å²) in [5.41, 5.74) is 0.721. The van der Waals surface area contributed by atoms with Gasteiger partial charge < -0.3 is 14.8 Å². The molecule has 0 aliphatic heterocycles. The molecule has 7 heteroatoms. The summed E-state index contributed by atoms with van der Waals surface area (Å²) < 4.78 is 6.35. The molecule has 0 unspecified atom stereocenters. The number of ketones is 1. The zero-order chi connectivity index (χ0) is 15.3. The molecule has 0 aromatic carbocycles. The van der Waals surface area contributed by atoms with E-state index in [-0.39, 0.29) is 42.5 Å². The molecule has 110 valence electrons. The first-order chi connectivity index (χ1) is 9.36. The van der Waals surface area contributed by atoms with Crippen LogP contribution in [0, 0.1) is 6.92 Å². The van der Waals surface area contributed by atoms with Gasteiger partial charge in [-0.15, -0.1) is 0 Å². The monoisotopic (exact) mass is 281 g/mol. The van der Waals surface area contributed by atoms with Gasteiger partial charge in [-0.3, -0.25) is 9.48 Å². The fourth-order valence-electron chi connectivity index (χ4n) is 1.73. The highest BCUT2D eigenvalue weighted by atomic mass is 16.5. The van der Waals surface area contributed by atoms with E-state index in [1.54, 1.807) is 20.9 Å². The summed E-state index contributed by atoms with van der Waals surface area (Å²) in [6, 6.07) is 0. The van der Waals surface area contributed by atoms with Crippen molar-refractivity contribution in [3.8, 4) is 0 Å². The second kappa shape index (κ2) is 6.83. The molecule has 0 aliphatic carbocycles. The first-order valence-corrected chi connectivity index (χ1v) is 6.36. The van der Waals surface area contributed by atoms with Gasteiger partial charge in [-0.2, -0.15) is 5.10 Å². The van der Waals surface area contributed by atoms with Crippen LogP contribution in [0.4, 0.5) is 5.82 Å². The first kappa shape index (κ1) is 15.9. The second-order valence-electron chi connectivity index (χ2n) is 4.40. The van der Waals surface area contributed by atoms with Crippen LogP contribution in [-0.4, -0.2) is 34.0 Å². The maximum Gasteiger partial charge on any atom is 0.343 e. The van der Waals surface area contributed by atoms with Gasteiger partial charge in [-0.1, -0.05) is 0 Å². The summed E-state index contributed by atoms with van der Waals surface area (Å²) in [7, 11) is 1.62. The van der Waals surface area contributed by atoms with Crippen molar-refractivity contribution in [1.29, 1.82) is 0 Å². The number of aryl methyl sites for hydroxylation is 2. The molecule has 1 amide bonds. The van der Waals surface area contributed by atoms with Crippen molar-refractivity contribution in [2.45, 2.75) is 33.6 Å². The number of hydrogen-bond acceptors (Lipinski definition) is 5. The molecule has 0 spiro atoms. The van der Waals surface area contributed by atoms with E-state index in [0.29, 0.717) is 5.69 Å². The minimum Gasteiger partial charge on any atom is -0.462 e. The Kier molecular flexibility index (Phi) is 5.42. The molecule has 1 heterocycles. The van der Waals surface area contributed by atoms with E-state index in [2.05, 4.69) is 10.4 Å². The van der Waals surface area contributed by atoms with Crippen molar-refractivity contribution >= 4 is 23.5 Å². The molecule has 0 radical (unpaired) electrons. The van der Waals surface area contributed by atoms with Gasteiger partial charge >= 0.3 is 5.97 Å². The number of carbonyl (C=O) groups is 3. The minimum atomic E-state index is -0.528. The van der Waals surface area contributed by atoms with Crippen LogP contribution in [0.25, 0.3) is 0 Å². The predicted molar refractivity (Wildman–Crippen MR) is 72.4 cm³/mol. The normalized spacial score (nSPS) is 10.2. The van der Waals surface area contributed by atoms with Gasteiger partial charge in [0.2, 0.25) is 5.91 Å². The summed E-state index contributed by atoms with van der Waals surface area (Å²) in [5.74, 6) is -0.643. The third-order valence-corrected chi connectivity index (χ3v) is 2.66. The van der Waals surface area contributed by atoms with Crippen molar-refractivity contribution in [3.63, 3.8) is 0 Å². The Hall–Kier alpha value is -2.18. The van der Waals surface area contributed by atoms with E-state index in [0.717, 1.165) is 0 Å². The average Bonchev–Trinajstić information content (AvgIpc) is 2.62. The Bertz CT molecular complexity index is 534. The maximum absolute atomic E-state index is 11.9. The molecule has 0 atom stereocenters. The summed E-state index contributed by atoms with van der Waals surface area (Å²) >= 11 is 0. The Labute approximate surface area is 117 Å². The third-order valence-electron chi connectivity index (χ3n) is 2.66. The van der Waals surface area contributed by atoms with E-state index in [9.17, 15) is 14.4 Å². The lowest BCUT2D eigenvalue weighted by Crippen LogP contribution is -2.18. The molecule has 0 saturated carbocycles. The fraction of sp³-hybridized carbons (Fsp3) is 0.538. The van der Waals surface area contributed by atoms with Crippen LogP contribution in [0.1, 0.15) is 42.7 Å². The number of Topliss-reactive ketones (excluding diaryl/α,β-unsaturated/α-hetero) is 1. The van der Waals surface area contributed by atoms with Gasteiger partial charge in [0.15, 0.2) is 0 Å². The van der Waals surface area contributed by atoms with E-state index < -0.39 is 5.97 Å². The minimum absolute atomic E-state index is 0.0630. The number of nitrogens with zero attached hydrogens (tertiary/aromatic N) is 2. The molecule has 1 aromatic rings. The fourth-order valence-corrected chi connectivity index (χ4v) is 1.73. The molecule has 0 fully saturated rings. The SMILES string of the molecule is CCOC(=O)c1c(C)nn(C)c1NC(=O)CCC(C)=O. The lowest BCUT2D eigenvalue weighted by Gasteiger charge is -2.08. The zero-order valence-electron chi connectivity index (χ0n) is 12.1. The van der Waals surface area contributed by atoms with Crippen LogP contribution in [0.15, 0.2) is 0 Å². The van der Waals surface area contributed by atoms with Gasteiger partial charge in [-0.25, -0.2) is 4.79 Å². The van der Waals surface area contributed by atoms with Crippen LogP contribution >= 0.6 is 0 Å². The van der Waals surface area contributed by atoms with Crippen LogP contribution in [-0.2, 0) is 21.4 Å². The van der Waals surface area contributed by atoms with E-state index in [4.69, 9.17) is 4.74 Å². The van der Waals surface area contributed by atoms with Gasteiger partial charge in [0.1, 0.15) is 17.2 Å². The van der Waals surface area contributed by atoms with Gasteiger partial charge in [0.25, 0.3) is 0 Å². The zero-order valence-corrected chi connectivity index (χ0v) is 12.1. The van der Waals surface area contributed by atoms with E-state index >= 15 is 0 Å². The van der Waals surface area contributed by atoms with Crippen molar-refractivity contribution in [2.75, 3.05) is 11.9 Å². The number of ether oxygens (including phenoxy) is 1. The van der Waals surface area contributed by atoms with Gasteiger partial charge in [0.05, 0.1) is 12.3 Å². The van der Waals surface area contributed by atoms with Crippen LogP contribution in [0.5, 0.6) is 0 Å². The molecule has 0 saturated heterocycles. The molecule has 0 aliphatic rings. The molecule has 0 bridgehead atoms. The summed E-state index contributed by atoms with van der Waals surface area (Å²) in [6.45, 7) is 5.03. The van der Waals surface area contributed by atoms with Crippen LogP contribution in [0.3, 0.4) is 0 Å². The Morgan fingerprint density at radius 3 is 2.50 bits per heavy atom. The van der Waals surface area contributed by atoms with Crippen molar-refractivity contribution in [1.82, 2.24) is 9.78 Å². The second-order valence-corrected chi connectivity index (χ2v) is 4.40. The molecular weight excluding hydrogens is 262 g/mol. The largest absolute Gasteiger partial charge is 0.462 e. The van der Waals surface area contributed by atoms with Crippen LogP contribution < -0.4 is 5.32 Å². The lowest BCUT2D eigenvalue weighted by molar-refractivity contribution is -0.121. The summed E-state index contributed by atoms with van der Waals surface area (Å²) in [6.07, 6.45) is 0.235. The Morgan fingerprint density at radius 1 is 1.30 bits per heavy atom. The molecule has 20 heavy (non-hydrogen) atoms. The quantitative estimate of drug-likeness (QED) is 0.791. The molecule has 1 aromatic heterocycles. The van der Waals surface area contributed by atoms with Crippen molar-refractivity contribution in [3.05, 3.63) is 11.3 Å². The molecule has 1 rings (SSSR count). The summed E-state index contributed by atoms with van der Waals surface area (Å²) in [5, 5.41) is 6.70.